The highest BCUT2D eigenvalue weighted by molar-refractivity contribution is 6.30. The fourth-order valence-electron chi connectivity index (χ4n) is 3.65. The van der Waals surface area contributed by atoms with E-state index in [1.807, 2.05) is 30.3 Å². The molecule has 1 aliphatic rings. The summed E-state index contributed by atoms with van der Waals surface area (Å²) in [4.78, 5) is 1.50. The van der Waals surface area contributed by atoms with Crippen LogP contribution in [0.2, 0.25) is 5.02 Å². The maximum atomic E-state index is 11.1. The quantitative estimate of drug-likeness (QED) is 0.880. The van der Waals surface area contributed by atoms with Gasteiger partial charge in [-0.05, 0) is 43.4 Å². The monoisotopic (exact) mass is 330 g/mol. The molecule has 2 unspecified atom stereocenters. The third kappa shape index (κ3) is 4.14. The average Bonchev–Trinajstić information content (AvgIpc) is 2.86. The molecule has 2 aromatic carbocycles. The maximum Gasteiger partial charge on any atom is 0.144 e. The van der Waals surface area contributed by atoms with Gasteiger partial charge in [0.15, 0.2) is 0 Å². The highest BCUT2D eigenvalue weighted by atomic mass is 35.5. The van der Waals surface area contributed by atoms with Crippen molar-refractivity contribution in [1.29, 1.82) is 0 Å². The largest absolute Gasteiger partial charge is 0.382 e. The fourth-order valence-corrected chi connectivity index (χ4v) is 3.77. The highest BCUT2D eigenvalue weighted by Crippen LogP contribution is 2.28. The minimum atomic E-state index is -0.511. The summed E-state index contributed by atoms with van der Waals surface area (Å²) in [5, 5.41) is 11.8. The third-order valence-electron chi connectivity index (χ3n) is 4.87. The Labute approximate surface area is 143 Å². The molecule has 1 aliphatic heterocycles. The van der Waals surface area contributed by atoms with Gasteiger partial charge in [0.1, 0.15) is 12.1 Å². The summed E-state index contributed by atoms with van der Waals surface area (Å²) in [5.41, 5.74) is 2.16. The molecule has 0 spiro atoms. The molecule has 2 N–H and O–H groups in total. The van der Waals surface area contributed by atoms with Crippen LogP contribution >= 0.6 is 11.6 Å². The zero-order valence-electron chi connectivity index (χ0n) is 13.4. The topological polar surface area (TPSA) is 24.7 Å². The van der Waals surface area contributed by atoms with E-state index in [-0.39, 0.29) is 6.04 Å². The van der Waals surface area contributed by atoms with Crippen LogP contribution in [0.3, 0.4) is 0 Å². The van der Waals surface area contributed by atoms with Gasteiger partial charge >= 0.3 is 0 Å². The lowest BCUT2D eigenvalue weighted by atomic mass is 9.94. The Hall–Kier alpha value is -1.35. The van der Waals surface area contributed by atoms with Crippen LogP contribution in [0, 0.1) is 0 Å². The van der Waals surface area contributed by atoms with E-state index in [1.165, 1.54) is 36.1 Å². The highest BCUT2D eigenvalue weighted by Gasteiger charge is 2.32. The van der Waals surface area contributed by atoms with Crippen LogP contribution in [0.15, 0.2) is 54.6 Å². The van der Waals surface area contributed by atoms with Crippen molar-refractivity contribution in [1.82, 2.24) is 0 Å². The van der Waals surface area contributed by atoms with E-state index in [2.05, 4.69) is 24.3 Å². The molecule has 0 aromatic heterocycles. The van der Waals surface area contributed by atoms with E-state index < -0.39 is 6.10 Å². The lowest BCUT2D eigenvalue weighted by Crippen LogP contribution is -3.12. The van der Waals surface area contributed by atoms with Gasteiger partial charge in [0.25, 0.3) is 0 Å². The Balaban J connectivity index is 1.92. The lowest BCUT2D eigenvalue weighted by molar-refractivity contribution is -0.935. The van der Waals surface area contributed by atoms with E-state index in [0.717, 1.165) is 18.7 Å². The molecule has 0 aliphatic carbocycles. The van der Waals surface area contributed by atoms with Gasteiger partial charge in [-0.1, -0.05) is 54.1 Å². The smallest absolute Gasteiger partial charge is 0.144 e. The number of halogens is 1. The van der Waals surface area contributed by atoms with Gasteiger partial charge in [-0.15, -0.1) is 0 Å². The molecular formula is C20H25ClNO+. The number of rotatable bonds is 4. The third-order valence-corrected chi connectivity index (χ3v) is 5.12. The number of nitrogens with one attached hydrogen (secondary N) is 1. The summed E-state index contributed by atoms with van der Waals surface area (Å²) >= 11 is 6.00. The van der Waals surface area contributed by atoms with Crippen molar-refractivity contribution < 1.29 is 10.0 Å². The van der Waals surface area contributed by atoms with Crippen molar-refractivity contribution in [2.24, 2.45) is 0 Å². The first-order valence-corrected chi connectivity index (χ1v) is 8.96. The van der Waals surface area contributed by atoms with Gasteiger partial charge < -0.3 is 10.0 Å². The van der Waals surface area contributed by atoms with Crippen molar-refractivity contribution >= 4 is 11.6 Å². The van der Waals surface area contributed by atoms with Crippen molar-refractivity contribution in [2.75, 3.05) is 13.1 Å². The fraction of sp³-hybridized carbons (Fsp3) is 0.400. The zero-order chi connectivity index (χ0) is 16.1. The first-order chi connectivity index (χ1) is 11.3. The molecule has 1 fully saturated rings. The van der Waals surface area contributed by atoms with Crippen LogP contribution in [-0.4, -0.2) is 18.2 Å². The van der Waals surface area contributed by atoms with Gasteiger partial charge in [-0.2, -0.15) is 0 Å². The van der Waals surface area contributed by atoms with Gasteiger partial charge in [0.05, 0.1) is 13.1 Å². The second-order valence-electron chi connectivity index (χ2n) is 6.46. The predicted molar refractivity (Wildman–Crippen MR) is 94.8 cm³/mol. The SMILES string of the molecule is OC(c1ccc(Cl)cc1)C(c1ccccc1)[NH+]1CCCCCC1. The molecular weight excluding hydrogens is 306 g/mol. The second-order valence-corrected chi connectivity index (χ2v) is 6.89. The number of aliphatic hydroxyl groups excluding tert-OH is 1. The average molecular weight is 331 g/mol. The second kappa shape index (κ2) is 7.96. The summed E-state index contributed by atoms with van der Waals surface area (Å²) in [6.45, 7) is 2.26. The molecule has 0 bridgehead atoms. The predicted octanol–water partition coefficient (Wildman–Crippen LogP) is 3.57. The zero-order valence-corrected chi connectivity index (χ0v) is 14.2. The Kier molecular flexibility index (Phi) is 5.71. The van der Waals surface area contributed by atoms with Crippen molar-refractivity contribution in [3.63, 3.8) is 0 Å². The van der Waals surface area contributed by atoms with Gasteiger partial charge in [0.2, 0.25) is 0 Å². The van der Waals surface area contributed by atoms with Gasteiger partial charge in [-0.25, -0.2) is 0 Å². The van der Waals surface area contributed by atoms with Gasteiger partial charge in [-0.3, -0.25) is 0 Å². The molecule has 2 atom stereocenters. The standard InChI is InChI=1S/C20H24ClNO/c21-18-12-10-17(11-13-18)20(23)19(16-8-4-3-5-9-16)22-14-6-1-2-7-15-22/h3-5,8-13,19-20,23H,1-2,6-7,14-15H2/p+1. The first kappa shape index (κ1) is 16.5. The summed E-state index contributed by atoms with van der Waals surface area (Å²) in [6, 6.07) is 18.1. The van der Waals surface area contributed by atoms with Crippen LogP contribution in [0.25, 0.3) is 0 Å². The summed E-state index contributed by atoms with van der Waals surface area (Å²) in [7, 11) is 0. The normalized spacial score (nSPS) is 19.0. The van der Waals surface area contributed by atoms with Crippen LogP contribution in [0.1, 0.15) is 49.0 Å². The Bertz CT molecular complexity index is 591. The van der Waals surface area contributed by atoms with Crippen molar-refractivity contribution in [3.8, 4) is 0 Å². The van der Waals surface area contributed by atoms with Crippen LogP contribution in [-0.2, 0) is 0 Å². The molecule has 0 saturated carbocycles. The molecule has 2 aromatic rings. The molecule has 3 heteroatoms. The van der Waals surface area contributed by atoms with Crippen LogP contribution in [0.4, 0.5) is 0 Å². The minimum Gasteiger partial charge on any atom is -0.382 e. The van der Waals surface area contributed by atoms with E-state index in [4.69, 9.17) is 11.6 Å². The molecule has 0 radical (unpaired) electrons. The van der Waals surface area contributed by atoms with E-state index in [1.54, 1.807) is 0 Å². The Morgan fingerprint density at radius 2 is 1.39 bits per heavy atom. The minimum absolute atomic E-state index is 0.0791. The molecule has 0 amide bonds. The molecule has 3 rings (SSSR count). The molecule has 122 valence electrons. The number of aliphatic hydroxyl groups is 1. The molecule has 1 saturated heterocycles. The maximum absolute atomic E-state index is 11.1. The van der Waals surface area contributed by atoms with Crippen molar-refractivity contribution in [3.05, 3.63) is 70.7 Å². The van der Waals surface area contributed by atoms with E-state index in [9.17, 15) is 5.11 Å². The Morgan fingerprint density at radius 1 is 0.783 bits per heavy atom. The molecule has 23 heavy (non-hydrogen) atoms. The summed E-state index contributed by atoms with van der Waals surface area (Å²) in [5.74, 6) is 0. The number of benzene rings is 2. The summed E-state index contributed by atoms with van der Waals surface area (Å²) < 4.78 is 0. The summed E-state index contributed by atoms with van der Waals surface area (Å²) in [6.07, 6.45) is 4.59. The number of hydrogen-bond donors (Lipinski definition) is 2. The lowest BCUT2D eigenvalue weighted by Gasteiger charge is -2.31. The van der Waals surface area contributed by atoms with Gasteiger partial charge in [0, 0.05) is 10.6 Å². The van der Waals surface area contributed by atoms with E-state index in [0.29, 0.717) is 5.02 Å². The number of quaternary nitrogens is 1. The number of hydrogen-bond acceptors (Lipinski definition) is 1. The van der Waals surface area contributed by atoms with Crippen LogP contribution < -0.4 is 4.90 Å². The molecule has 1 heterocycles. The van der Waals surface area contributed by atoms with Crippen LogP contribution in [0.5, 0.6) is 0 Å². The number of likely N-dealkylation sites (tertiary alicyclic amines) is 1. The van der Waals surface area contributed by atoms with E-state index >= 15 is 0 Å². The Morgan fingerprint density at radius 3 is 2.00 bits per heavy atom. The molecule has 2 nitrogen and oxygen atoms in total. The van der Waals surface area contributed by atoms with Crippen molar-refractivity contribution in [2.45, 2.75) is 37.8 Å². The first-order valence-electron chi connectivity index (χ1n) is 8.59.